The highest BCUT2D eigenvalue weighted by atomic mass is 16.2. The van der Waals surface area contributed by atoms with Crippen LogP contribution in [0.2, 0.25) is 0 Å². The summed E-state index contributed by atoms with van der Waals surface area (Å²) in [5.74, 6) is -0.819. The molecule has 1 atom stereocenters. The Hall–Kier alpha value is -3.15. The number of nitrogens with zero attached hydrogens (tertiary/aromatic N) is 1. The fourth-order valence-electron chi connectivity index (χ4n) is 3.52. The second-order valence-corrected chi connectivity index (χ2v) is 6.87. The number of rotatable bonds is 5. The quantitative estimate of drug-likeness (QED) is 0.799. The standard InChI is InChI=1S/C21H23N3O3/c1-4-21(16-8-6-5-7-9-16)19(26)24(20(27)23-21)13-18(25)22-17-11-14(2)10-15(3)12-17/h5-12H,4,13H2,1-3H3,(H,22,25)(H,23,27). The fourth-order valence-corrected chi connectivity index (χ4v) is 3.52. The van der Waals surface area contributed by atoms with Gasteiger partial charge in [-0.3, -0.25) is 14.5 Å². The van der Waals surface area contributed by atoms with Crippen LogP contribution in [0.15, 0.2) is 48.5 Å². The lowest BCUT2D eigenvalue weighted by molar-refractivity contribution is -0.134. The number of nitrogens with one attached hydrogen (secondary N) is 2. The van der Waals surface area contributed by atoms with Gasteiger partial charge in [-0.1, -0.05) is 43.3 Å². The van der Waals surface area contributed by atoms with E-state index in [1.54, 1.807) is 12.1 Å². The molecule has 1 heterocycles. The van der Waals surface area contributed by atoms with Crippen LogP contribution in [0, 0.1) is 13.8 Å². The van der Waals surface area contributed by atoms with E-state index < -0.39 is 23.4 Å². The monoisotopic (exact) mass is 365 g/mol. The maximum Gasteiger partial charge on any atom is 0.325 e. The van der Waals surface area contributed by atoms with E-state index in [4.69, 9.17) is 0 Å². The predicted octanol–water partition coefficient (Wildman–Crippen LogP) is 3.10. The molecule has 4 amide bonds. The Kier molecular flexibility index (Phi) is 4.99. The van der Waals surface area contributed by atoms with Crippen LogP contribution < -0.4 is 10.6 Å². The first kappa shape index (κ1) is 18.6. The van der Waals surface area contributed by atoms with Gasteiger partial charge in [-0.15, -0.1) is 0 Å². The summed E-state index contributed by atoms with van der Waals surface area (Å²) < 4.78 is 0. The third kappa shape index (κ3) is 3.56. The molecule has 1 aliphatic rings. The van der Waals surface area contributed by atoms with Crippen molar-refractivity contribution in [2.24, 2.45) is 0 Å². The molecule has 0 saturated carbocycles. The third-order valence-electron chi connectivity index (χ3n) is 4.78. The average molecular weight is 365 g/mol. The van der Waals surface area contributed by atoms with Gasteiger partial charge >= 0.3 is 6.03 Å². The summed E-state index contributed by atoms with van der Waals surface area (Å²) in [5.41, 5.74) is 2.28. The molecule has 6 heteroatoms. The van der Waals surface area contributed by atoms with E-state index in [0.717, 1.165) is 16.0 Å². The summed E-state index contributed by atoms with van der Waals surface area (Å²) >= 11 is 0. The van der Waals surface area contributed by atoms with Gasteiger partial charge in [0.1, 0.15) is 12.1 Å². The molecule has 0 spiro atoms. The van der Waals surface area contributed by atoms with E-state index in [2.05, 4.69) is 10.6 Å². The van der Waals surface area contributed by atoms with Gasteiger partial charge in [-0.25, -0.2) is 4.79 Å². The van der Waals surface area contributed by atoms with Crippen LogP contribution in [0.3, 0.4) is 0 Å². The third-order valence-corrected chi connectivity index (χ3v) is 4.78. The maximum absolute atomic E-state index is 13.0. The lowest BCUT2D eigenvalue weighted by Crippen LogP contribution is -2.44. The van der Waals surface area contributed by atoms with Crippen molar-refractivity contribution in [2.45, 2.75) is 32.7 Å². The molecule has 1 fully saturated rings. The van der Waals surface area contributed by atoms with Crippen LogP contribution in [-0.2, 0) is 15.1 Å². The molecule has 6 nitrogen and oxygen atoms in total. The van der Waals surface area contributed by atoms with Crippen LogP contribution >= 0.6 is 0 Å². The minimum absolute atomic E-state index is 0.327. The molecule has 0 bridgehead atoms. The van der Waals surface area contributed by atoms with E-state index >= 15 is 0 Å². The van der Waals surface area contributed by atoms with Gasteiger partial charge in [-0.2, -0.15) is 0 Å². The Morgan fingerprint density at radius 1 is 1.07 bits per heavy atom. The van der Waals surface area contributed by atoms with E-state index in [-0.39, 0.29) is 6.54 Å². The normalized spacial score (nSPS) is 19.1. The Bertz CT molecular complexity index is 875. The zero-order valence-electron chi connectivity index (χ0n) is 15.7. The van der Waals surface area contributed by atoms with Crippen molar-refractivity contribution in [1.29, 1.82) is 0 Å². The van der Waals surface area contributed by atoms with E-state index in [9.17, 15) is 14.4 Å². The summed E-state index contributed by atoms with van der Waals surface area (Å²) in [4.78, 5) is 38.9. The number of benzene rings is 2. The summed E-state index contributed by atoms with van der Waals surface area (Å²) in [6.07, 6.45) is 0.400. The molecular weight excluding hydrogens is 342 g/mol. The van der Waals surface area contributed by atoms with Crippen molar-refractivity contribution in [3.05, 3.63) is 65.2 Å². The minimum atomic E-state index is -1.13. The molecule has 140 valence electrons. The van der Waals surface area contributed by atoms with Gasteiger partial charge in [0, 0.05) is 5.69 Å². The number of imide groups is 1. The van der Waals surface area contributed by atoms with Gasteiger partial charge in [0.2, 0.25) is 5.91 Å². The Morgan fingerprint density at radius 2 is 1.70 bits per heavy atom. The number of anilines is 1. The highest BCUT2D eigenvalue weighted by Crippen LogP contribution is 2.32. The van der Waals surface area contributed by atoms with E-state index in [0.29, 0.717) is 17.7 Å². The predicted molar refractivity (Wildman–Crippen MR) is 103 cm³/mol. The number of aryl methyl sites for hydroxylation is 2. The van der Waals surface area contributed by atoms with Crippen molar-refractivity contribution in [2.75, 3.05) is 11.9 Å². The lowest BCUT2D eigenvalue weighted by atomic mass is 9.87. The van der Waals surface area contributed by atoms with Gasteiger partial charge < -0.3 is 10.6 Å². The Labute approximate surface area is 158 Å². The number of carbonyl (C=O) groups is 3. The Morgan fingerprint density at radius 3 is 2.30 bits per heavy atom. The minimum Gasteiger partial charge on any atom is -0.325 e. The largest absolute Gasteiger partial charge is 0.325 e. The second kappa shape index (κ2) is 7.23. The van der Waals surface area contributed by atoms with Gasteiger partial charge in [0.25, 0.3) is 5.91 Å². The number of hydrogen-bond donors (Lipinski definition) is 2. The second-order valence-electron chi connectivity index (χ2n) is 6.87. The van der Waals surface area contributed by atoms with Crippen molar-refractivity contribution in [3.63, 3.8) is 0 Å². The zero-order valence-corrected chi connectivity index (χ0v) is 15.7. The molecule has 1 aliphatic heterocycles. The van der Waals surface area contributed by atoms with E-state index in [1.807, 2.05) is 57.2 Å². The highest BCUT2D eigenvalue weighted by molar-refractivity contribution is 6.10. The number of urea groups is 1. The smallest absolute Gasteiger partial charge is 0.325 e. The first-order valence-electron chi connectivity index (χ1n) is 8.93. The maximum atomic E-state index is 13.0. The van der Waals surface area contributed by atoms with Crippen molar-refractivity contribution in [3.8, 4) is 0 Å². The summed E-state index contributed by atoms with van der Waals surface area (Å²) in [6.45, 7) is 5.39. The average Bonchev–Trinajstić information content (AvgIpc) is 2.86. The molecule has 0 aromatic heterocycles. The number of hydrogen-bond acceptors (Lipinski definition) is 3. The SMILES string of the molecule is CCC1(c2ccccc2)NC(=O)N(CC(=O)Nc2cc(C)cc(C)c2)C1=O. The Balaban J connectivity index is 1.78. The fraction of sp³-hybridized carbons (Fsp3) is 0.286. The summed E-state index contributed by atoms with van der Waals surface area (Å²) in [5, 5.41) is 5.54. The molecule has 2 aromatic rings. The summed E-state index contributed by atoms with van der Waals surface area (Å²) in [6, 6.07) is 14.2. The van der Waals surface area contributed by atoms with Crippen LogP contribution in [0.1, 0.15) is 30.0 Å². The lowest BCUT2D eigenvalue weighted by Gasteiger charge is -2.25. The molecule has 2 aromatic carbocycles. The molecule has 27 heavy (non-hydrogen) atoms. The number of carbonyl (C=O) groups excluding carboxylic acids is 3. The topological polar surface area (TPSA) is 78.5 Å². The zero-order chi connectivity index (χ0) is 19.6. The highest BCUT2D eigenvalue weighted by Gasteiger charge is 2.51. The molecule has 1 saturated heterocycles. The van der Waals surface area contributed by atoms with Crippen molar-refractivity contribution in [1.82, 2.24) is 10.2 Å². The van der Waals surface area contributed by atoms with E-state index in [1.165, 1.54) is 0 Å². The molecular formula is C21H23N3O3. The first-order valence-corrected chi connectivity index (χ1v) is 8.93. The van der Waals surface area contributed by atoms with Crippen LogP contribution in [0.25, 0.3) is 0 Å². The van der Waals surface area contributed by atoms with Gasteiger partial charge in [-0.05, 0) is 49.1 Å². The van der Waals surface area contributed by atoms with Crippen molar-refractivity contribution >= 4 is 23.5 Å². The molecule has 0 aliphatic carbocycles. The number of amides is 4. The first-order chi connectivity index (χ1) is 12.9. The molecule has 3 rings (SSSR count). The van der Waals surface area contributed by atoms with Gasteiger partial charge in [0.15, 0.2) is 0 Å². The molecule has 2 N–H and O–H groups in total. The van der Waals surface area contributed by atoms with Crippen LogP contribution in [-0.4, -0.2) is 29.3 Å². The summed E-state index contributed by atoms with van der Waals surface area (Å²) in [7, 11) is 0. The molecule has 1 unspecified atom stereocenters. The van der Waals surface area contributed by atoms with Crippen LogP contribution in [0.5, 0.6) is 0 Å². The van der Waals surface area contributed by atoms with Gasteiger partial charge in [0.05, 0.1) is 0 Å². The van der Waals surface area contributed by atoms with Crippen molar-refractivity contribution < 1.29 is 14.4 Å². The van der Waals surface area contributed by atoms with Crippen LogP contribution in [0.4, 0.5) is 10.5 Å². The molecule has 0 radical (unpaired) electrons.